The standard InChI is InChI=1S/C13H10ClN5/c14-13-16-6-5-9(19-13)8(7-15)12-17-10-3-1-2-4-11(10)18-12/h1-6,8,12,17-18H. The van der Waals surface area contributed by atoms with E-state index in [1.807, 2.05) is 24.3 Å². The highest BCUT2D eigenvalue weighted by Gasteiger charge is 2.29. The van der Waals surface area contributed by atoms with Gasteiger partial charge >= 0.3 is 0 Å². The van der Waals surface area contributed by atoms with Gasteiger partial charge in [0.1, 0.15) is 12.1 Å². The van der Waals surface area contributed by atoms with Crippen LogP contribution >= 0.6 is 11.6 Å². The molecule has 2 aromatic rings. The Labute approximate surface area is 115 Å². The molecule has 6 heteroatoms. The van der Waals surface area contributed by atoms with Crippen molar-refractivity contribution in [3.63, 3.8) is 0 Å². The summed E-state index contributed by atoms with van der Waals surface area (Å²) >= 11 is 5.77. The SMILES string of the molecule is N#CC(c1ccnc(Cl)n1)C1Nc2ccccc2N1. The Hall–Kier alpha value is -2.32. The summed E-state index contributed by atoms with van der Waals surface area (Å²) in [5.41, 5.74) is 2.56. The Morgan fingerprint density at radius 1 is 1.21 bits per heavy atom. The Kier molecular flexibility index (Phi) is 2.94. The highest BCUT2D eigenvalue weighted by Crippen LogP contribution is 2.33. The number of halogens is 1. The van der Waals surface area contributed by atoms with Crippen LogP contribution in [0.1, 0.15) is 11.6 Å². The second-order valence-corrected chi connectivity index (χ2v) is 4.51. The van der Waals surface area contributed by atoms with Gasteiger partial charge in [-0.2, -0.15) is 5.26 Å². The van der Waals surface area contributed by atoms with Crippen LogP contribution in [0.2, 0.25) is 5.28 Å². The van der Waals surface area contributed by atoms with Gasteiger partial charge in [-0.3, -0.25) is 0 Å². The van der Waals surface area contributed by atoms with Crippen molar-refractivity contribution in [1.82, 2.24) is 9.97 Å². The summed E-state index contributed by atoms with van der Waals surface area (Å²) in [6.45, 7) is 0. The number of nitrogens with zero attached hydrogens (tertiary/aromatic N) is 3. The molecular formula is C13H10ClN5. The fourth-order valence-corrected chi connectivity index (χ4v) is 2.26. The van der Waals surface area contributed by atoms with Crippen LogP contribution in [-0.2, 0) is 0 Å². The van der Waals surface area contributed by atoms with Crippen molar-refractivity contribution >= 4 is 23.0 Å². The largest absolute Gasteiger partial charge is 0.362 e. The molecule has 0 aliphatic carbocycles. The van der Waals surface area contributed by atoms with Crippen LogP contribution in [0.4, 0.5) is 11.4 Å². The molecule has 19 heavy (non-hydrogen) atoms. The van der Waals surface area contributed by atoms with Crippen molar-refractivity contribution in [3.8, 4) is 6.07 Å². The van der Waals surface area contributed by atoms with Crippen molar-refractivity contribution in [2.45, 2.75) is 12.1 Å². The van der Waals surface area contributed by atoms with Crippen LogP contribution in [-0.4, -0.2) is 16.1 Å². The van der Waals surface area contributed by atoms with Crippen LogP contribution in [0, 0.1) is 11.3 Å². The number of nitriles is 1. The Morgan fingerprint density at radius 2 is 1.89 bits per heavy atom. The Balaban J connectivity index is 1.88. The van der Waals surface area contributed by atoms with Gasteiger partial charge in [-0.05, 0) is 29.8 Å². The molecule has 1 aromatic heterocycles. The van der Waals surface area contributed by atoms with Crippen molar-refractivity contribution < 1.29 is 0 Å². The van der Waals surface area contributed by atoms with Crippen LogP contribution in [0.25, 0.3) is 0 Å². The van der Waals surface area contributed by atoms with E-state index in [0.29, 0.717) is 5.69 Å². The van der Waals surface area contributed by atoms with Gasteiger partial charge in [-0.15, -0.1) is 0 Å². The van der Waals surface area contributed by atoms with Gasteiger partial charge in [0.25, 0.3) is 0 Å². The van der Waals surface area contributed by atoms with E-state index in [9.17, 15) is 5.26 Å². The minimum absolute atomic E-state index is 0.147. The summed E-state index contributed by atoms with van der Waals surface area (Å²) in [5.74, 6) is -0.451. The molecule has 0 radical (unpaired) electrons. The highest BCUT2D eigenvalue weighted by atomic mass is 35.5. The predicted molar refractivity (Wildman–Crippen MR) is 72.9 cm³/mol. The number of aromatic nitrogens is 2. The lowest BCUT2D eigenvalue weighted by Gasteiger charge is -2.17. The molecule has 0 amide bonds. The Bertz CT molecular complexity index is 626. The molecule has 0 spiro atoms. The highest BCUT2D eigenvalue weighted by molar-refractivity contribution is 6.28. The first-order chi connectivity index (χ1) is 9.28. The molecule has 0 fully saturated rings. The van der Waals surface area contributed by atoms with Crippen molar-refractivity contribution in [3.05, 3.63) is 47.5 Å². The molecule has 0 saturated carbocycles. The van der Waals surface area contributed by atoms with Gasteiger partial charge in [-0.1, -0.05) is 12.1 Å². The quantitative estimate of drug-likeness (QED) is 0.822. The van der Waals surface area contributed by atoms with Crippen molar-refractivity contribution in [2.24, 2.45) is 0 Å². The molecule has 1 atom stereocenters. The predicted octanol–water partition coefficient (Wildman–Crippen LogP) is 2.60. The topological polar surface area (TPSA) is 73.6 Å². The number of benzene rings is 1. The molecule has 1 aliphatic rings. The zero-order valence-corrected chi connectivity index (χ0v) is 10.6. The number of anilines is 2. The number of nitrogens with one attached hydrogen (secondary N) is 2. The van der Waals surface area contributed by atoms with Gasteiger partial charge in [0.15, 0.2) is 0 Å². The smallest absolute Gasteiger partial charge is 0.222 e. The number of para-hydroxylation sites is 2. The van der Waals surface area contributed by atoms with Crippen LogP contribution in [0.5, 0.6) is 0 Å². The first-order valence-corrected chi connectivity index (χ1v) is 6.16. The maximum atomic E-state index is 9.38. The second kappa shape index (κ2) is 4.75. The van der Waals surface area contributed by atoms with E-state index in [1.165, 1.54) is 0 Å². The molecule has 2 N–H and O–H groups in total. The summed E-state index contributed by atoms with van der Waals surface area (Å²) in [5, 5.41) is 16.1. The minimum Gasteiger partial charge on any atom is -0.362 e. The third kappa shape index (κ3) is 2.18. The fourth-order valence-electron chi connectivity index (χ4n) is 2.11. The van der Waals surface area contributed by atoms with E-state index >= 15 is 0 Å². The molecule has 1 unspecified atom stereocenters. The average Bonchev–Trinajstić information content (AvgIpc) is 2.83. The third-order valence-corrected chi connectivity index (χ3v) is 3.17. The molecule has 2 heterocycles. The third-order valence-electron chi connectivity index (χ3n) is 2.99. The van der Waals surface area contributed by atoms with Gasteiger partial charge in [0.2, 0.25) is 5.28 Å². The zero-order valence-electron chi connectivity index (χ0n) is 9.84. The average molecular weight is 272 g/mol. The lowest BCUT2D eigenvalue weighted by molar-refractivity contribution is 0.722. The molecule has 3 rings (SSSR count). The zero-order chi connectivity index (χ0) is 13.2. The maximum absolute atomic E-state index is 9.38. The van der Waals surface area contributed by atoms with Gasteiger partial charge in [0.05, 0.1) is 23.1 Å². The van der Waals surface area contributed by atoms with E-state index < -0.39 is 5.92 Å². The molecule has 94 valence electrons. The maximum Gasteiger partial charge on any atom is 0.222 e. The molecule has 1 aromatic carbocycles. The van der Waals surface area contributed by atoms with Crippen LogP contribution in [0.15, 0.2) is 36.5 Å². The van der Waals surface area contributed by atoms with Crippen LogP contribution in [0.3, 0.4) is 0 Å². The molecule has 5 nitrogen and oxygen atoms in total. The van der Waals surface area contributed by atoms with E-state index in [-0.39, 0.29) is 11.4 Å². The molecule has 0 saturated heterocycles. The number of hydrogen-bond acceptors (Lipinski definition) is 5. The van der Waals surface area contributed by atoms with E-state index in [4.69, 9.17) is 11.6 Å². The fraction of sp³-hybridized carbons (Fsp3) is 0.154. The number of hydrogen-bond donors (Lipinski definition) is 2. The summed E-state index contributed by atoms with van der Waals surface area (Å²) in [4.78, 5) is 7.93. The summed E-state index contributed by atoms with van der Waals surface area (Å²) in [7, 11) is 0. The molecule has 1 aliphatic heterocycles. The number of fused-ring (bicyclic) bond motifs is 1. The molecule has 0 bridgehead atoms. The normalized spacial score (nSPS) is 14.9. The molecular weight excluding hydrogens is 262 g/mol. The van der Waals surface area contributed by atoms with Crippen molar-refractivity contribution in [2.75, 3.05) is 10.6 Å². The van der Waals surface area contributed by atoms with Gasteiger partial charge < -0.3 is 10.6 Å². The first kappa shape index (κ1) is 11.8. The second-order valence-electron chi connectivity index (χ2n) is 4.17. The van der Waals surface area contributed by atoms with E-state index in [2.05, 4.69) is 26.7 Å². The van der Waals surface area contributed by atoms with Gasteiger partial charge in [-0.25, -0.2) is 9.97 Å². The summed E-state index contributed by atoms with van der Waals surface area (Å²) in [6, 6.07) is 11.8. The number of rotatable bonds is 2. The lowest BCUT2D eigenvalue weighted by Crippen LogP contribution is -2.30. The lowest BCUT2D eigenvalue weighted by atomic mass is 10.0. The summed E-state index contributed by atoms with van der Waals surface area (Å²) < 4.78 is 0. The van der Waals surface area contributed by atoms with Gasteiger partial charge in [0, 0.05) is 6.20 Å². The van der Waals surface area contributed by atoms with Crippen LogP contribution < -0.4 is 10.6 Å². The Morgan fingerprint density at radius 3 is 2.47 bits per heavy atom. The van der Waals surface area contributed by atoms with E-state index in [1.54, 1.807) is 12.3 Å². The minimum atomic E-state index is -0.451. The first-order valence-electron chi connectivity index (χ1n) is 5.78. The van der Waals surface area contributed by atoms with Crippen molar-refractivity contribution in [1.29, 1.82) is 5.26 Å². The van der Waals surface area contributed by atoms with E-state index in [0.717, 1.165) is 11.4 Å². The summed E-state index contributed by atoms with van der Waals surface area (Å²) in [6.07, 6.45) is 1.32. The monoisotopic (exact) mass is 271 g/mol.